The minimum absolute atomic E-state index is 0.511. The van der Waals surface area contributed by atoms with Crippen LogP contribution in [-0.2, 0) is 4.74 Å². The van der Waals surface area contributed by atoms with Crippen molar-refractivity contribution >= 4 is 5.69 Å². The van der Waals surface area contributed by atoms with Crippen LogP contribution in [0.3, 0.4) is 0 Å². The topological polar surface area (TPSA) is 51.5 Å². The molecule has 1 aromatic rings. The number of nitriles is 1. The molecular weight excluding hydrogens is 300 g/mol. The van der Waals surface area contributed by atoms with Crippen molar-refractivity contribution < 1.29 is 4.74 Å². The van der Waals surface area contributed by atoms with Gasteiger partial charge in [0.1, 0.15) is 0 Å². The van der Waals surface area contributed by atoms with Gasteiger partial charge < -0.3 is 15.0 Å². The van der Waals surface area contributed by atoms with E-state index in [1.165, 1.54) is 18.4 Å². The maximum Gasteiger partial charge on any atom is 0.0992 e. The Morgan fingerprint density at radius 1 is 1.12 bits per heavy atom. The summed E-state index contributed by atoms with van der Waals surface area (Å²) in [5, 5.41) is 12.7. The third-order valence-electron chi connectivity index (χ3n) is 5.15. The van der Waals surface area contributed by atoms with Crippen molar-refractivity contribution in [2.75, 3.05) is 57.8 Å². The summed E-state index contributed by atoms with van der Waals surface area (Å²) >= 11 is 0. The summed E-state index contributed by atoms with van der Waals surface area (Å²) in [5.74, 6) is 0. The average molecular weight is 328 g/mol. The molecule has 0 amide bonds. The lowest BCUT2D eigenvalue weighted by atomic mass is 10.0. The number of nitrogens with one attached hydrogen (secondary N) is 1. The number of rotatable bonds is 5. The van der Waals surface area contributed by atoms with E-state index in [1.807, 2.05) is 18.2 Å². The molecule has 2 saturated heterocycles. The molecule has 3 rings (SSSR count). The zero-order valence-corrected chi connectivity index (χ0v) is 14.6. The molecule has 0 spiro atoms. The molecule has 0 aromatic heterocycles. The zero-order chi connectivity index (χ0) is 16.8. The molecule has 24 heavy (non-hydrogen) atoms. The molecule has 1 aromatic carbocycles. The van der Waals surface area contributed by atoms with Crippen molar-refractivity contribution in [1.82, 2.24) is 9.80 Å². The summed E-state index contributed by atoms with van der Waals surface area (Å²) in [4.78, 5) is 5.08. The van der Waals surface area contributed by atoms with E-state index in [0.717, 1.165) is 63.7 Å². The van der Waals surface area contributed by atoms with Crippen molar-refractivity contribution in [3.8, 4) is 6.07 Å². The number of nitrogens with zero attached hydrogens (tertiary/aromatic N) is 3. The maximum atomic E-state index is 9.06. The minimum Gasteiger partial charge on any atom is -0.382 e. The molecule has 0 radical (unpaired) electrons. The molecule has 2 fully saturated rings. The number of likely N-dealkylation sites (tertiary alicyclic amines) is 1. The number of morpholine rings is 1. The molecule has 5 nitrogen and oxygen atoms in total. The largest absolute Gasteiger partial charge is 0.382 e. The summed E-state index contributed by atoms with van der Waals surface area (Å²) in [6.45, 7) is 10.6. The Labute approximate surface area is 145 Å². The van der Waals surface area contributed by atoms with Gasteiger partial charge in [-0.15, -0.1) is 0 Å². The van der Waals surface area contributed by atoms with Crippen LogP contribution >= 0.6 is 0 Å². The number of anilines is 1. The van der Waals surface area contributed by atoms with Gasteiger partial charge in [-0.2, -0.15) is 5.26 Å². The van der Waals surface area contributed by atoms with Crippen LogP contribution in [0, 0.1) is 18.3 Å². The van der Waals surface area contributed by atoms with Crippen LogP contribution in [0.25, 0.3) is 0 Å². The molecule has 2 heterocycles. The predicted octanol–water partition coefficient (Wildman–Crippen LogP) is 2.08. The molecule has 5 heteroatoms. The first-order valence-corrected chi connectivity index (χ1v) is 9.04. The lowest BCUT2D eigenvalue weighted by Gasteiger charge is -2.35. The molecule has 1 N–H and O–H groups in total. The smallest absolute Gasteiger partial charge is 0.0992 e. The number of piperidine rings is 1. The Hall–Kier alpha value is -1.61. The van der Waals surface area contributed by atoms with Gasteiger partial charge in [0.2, 0.25) is 0 Å². The highest BCUT2D eigenvalue weighted by Gasteiger charge is 2.20. The van der Waals surface area contributed by atoms with E-state index < -0.39 is 0 Å². The maximum absolute atomic E-state index is 9.06. The first-order chi connectivity index (χ1) is 11.7. The summed E-state index contributed by atoms with van der Waals surface area (Å²) in [7, 11) is 0. The van der Waals surface area contributed by atoms with Crippen LogP contribution in [0.5, 0.6) is 0 Å². The lowest BCUT2D eigenvalue weighted by molar-refractivity contribution is 0.0322. The average Bonchev–Trinajstić information content (AvgIpc) is 2.64. The quantitative estimate of drug-likeness (QED) is 0.897. The van der Waals surface area contributed by atoms with Crippen molar-refractivity contribution in [2.24, 2.45) is 0 Å². The molecule has 130 valence electrons. The van der Waals surface area contributed by atoms with Gasteiger partial charge in [0.15, 0.2) is 0 Å². The van der Waals surface area contributed by atoms with Crippen LogP contribution < -0.4 is 5.32 Å². The third-order valence-corrected chi connectivity index (χ3v) is 5.15. The van der Waals surface area contributed by atoms with E-state index in [4.69, 9.17) is 10.00 Å². The third kappa shape index (κ3) is 4.70. The van der Waals surface area contributed by atoms with Crippen molar-refractivity contribution in [3.05, 3.63) is 29.3 Å². The Morgan fingerprint density at radius 3 is 2.46 bits per heavy atom. The molecule has 0 unspecified atom stereocenters. The number of hydrogen-bond acceptors (Lipinski definition) is 5. The highest BCUT2D eigenvalue weighted by molar-refractivity contribution is 5.55. The first kappa shape index (κ1) is 17.2. The van der Waals surface area contributed by atoms with Crippen LogP contribution in [0.2, 0.25) is 0 Å². The number of ether oxygens (including phenoxy) is 1. The van der Waals surface area contributed by atoms with Gasteiger partial charge in [0, 0.05) is 51.0 Å². The van der Waals surface area contributed by atoms with Crippen molar-refractivity contribution in [1.29, 1.82) is 5.26 Å². The zero-order valence-electron chi connectivity index (χ0n) is 14.6. The lowest BCUT2D eigenvalue weighted by Crippen LogP contribution is -2.45. The summed E-state index contributed by atoms with van der Waals surface area (Å²) in [6.07, 6.45) is 2.33. The van der Waals surface area contributed by atoms with Crippen LogP contribution in [0.15, 0.2) is 18.2 Å². The van der Waals surface area contributed by atoms with Gasteiger partial charge in [0.05, 0.1) is 24.8 Å². The molecular formula is C19H28N4O. The Bertz CT molecular complexity index is 569. The second-order valence-electron chi connectivity index (χ2n) is 6.86. The number of benzene rings is 1. The highest BCUT2D eigenvalue weighted by atomic mass is 16.5. The molecule has 0 saturated carbocycles. The van der Waals surface area contributed by atoms with Crippen LogP contribution in [-0.4, -0.2) is 68.3 Å². The van der Waals surface area contributed by atoms with Gasteiger partial charge in [-0.05, 0) is 37.5 Å². The monoisotopic (exact) mass is 328 g/mol. The second-order valence-corrected chi connectivity index (χ2v) is 6.86. The van der Waals surface area contributed by atoms with Gasteiger partial charge in [-0.3, -0.25) is 4.90 Å². The van der Waals surface area contributed by atoms with Crippen molar-refractivity contribution in [2.45, 2.75) is 25.8 Å². The first-order valence-electron chi connectivity index (χ1n) is 9.04. The Morgan fingerprint density at radius 2 is 1.79 bits per heavy atom. The van der Waals surface area contributed by atoms with Crippen molar-refractivity contribution in [3.63, 3.8) is 0 Å². The molecule has 0 aliphatic carbocycles. The summed E-state index contributed by atoms with van der Waals surface area (Å²) in [5.41, 5.74) is 3.05. The molecule has 0 bridgehead atoms. The molecule has 2 aliphatic heterocycles. The van der Waals surface area contributed by atoms with E-state index in [0.29, 0.717) is 6.04 Å². The van der Waals surface area contributed by atoms with E-state index >= 15 is 0 Å². The molecule has 0 atom stereocenters. The summed E-state index contributed by atoms with van der Waals surface area (Å²) < 4.78 is 5.40. The fourth-order valence-electron chi connectivity index (χ4n) is 3.48. The van der Waals surface area contributed by atoms with E-state index in [9.17, 15) is 0 Å². The normalized spacial score (nSPS) is 20.7. The van der Waals surface area contributed by atoms with Crippen LogP contribution in [0.1, 0.15) is 24.0 Å². The second kappa shape index (κ2) is 8.48. The fraction of sp³-hybridized carbons (Fsp3) is 0.632. The van der Waals surface area contributed by atoms with Gasteiger partial charge in [0.25, 0.3) is 0 Å². The van der Waals surface area contributed by atoms with Gasteiger partial charge >= 0.3 is 0 Å². The van der Waals surface area contributed by atoms with E-state index in [2.05, 4.69) is 28.1 Å². The van der Waals surface area contributed by atoms with E-state index in [1.54, 1.807) is 0 Å². The van der Waals surface area contributed by atoms with Gasteiger partial charge in [-0.25, -0.2) is 0 Å². The Kier molecular flexibility index (Phi) is 6.08. The standard InChI is InChI=1S/C19H28N4O/c1-16-2-3-17(15-20)14-19(16)21-18-4-6-22(7-5-18)8-9-23-10-12-24-13-11-23/h2-3,14,18,21H,4-13H2,1H3. The SMILES string of the molecule is Cc1ccc(C#N)cc1NC1CCN(CCN2CCOCC2)CC1. The van der Waals surface area contributed by atoms with Crippen LogP contribution in [0.4, 0.5) is 5.69 Å². The fourth-order valence-corrected chi connectivity index (χ4v) is 3.48. The van der Waals surface area contributed by atoms with E-state index in [-0.39, 0.29) is 0 Å². The predicted molar refractivity (Wildman–Crippen MR) is 96.2 cm³/mol. The number of aryl methyl sites for hydroxylation is 1. The molecule has 2 aliphatic rings. The minimum atomic E-state index is 0.511. The Balaban J connectivity index is 1.43. The highest BCUT2D eigenvalue weighted by Crippen LogP contribution is 2.21. The summed E-state index contributed by atoms with van der Waals surface area (Å²) in [6, 6.07) is 8.62. The number of hydrogen-bond donors (Lipinski definition) is 1. The van der Waals surface area contributed by atoms with Gasteiger partial charge in [-0.1, -0.05) is 6.07 Å².